The number of likely N-dealkylation sites (N-methyl/N-ethyl adjacent to an activating group) is 1. The lowest BCUT2D eigenvalue weighted by Gasteiger charge is -2.34. The monoisotopic (exact) mass is 376 g/mol. The molecule has 0 spiro atoms. The Bertz CT molecular complexity index is 792. The Kier molecular flexibility index (Phi) is 6.26. The minimum Gasteiger partial charge on any atom is -0.480 e. The molecule has 1 aliphatic heterocycles. The molecule has 1 atom stereocenters. The van der Waals surface area contributed by atoms with Gasteiger partial charge in [0.2, 0.25) is 0 Å². The molecule has 7 heteroatoms. The van der Waals surface area contributed by atoms with Gasteiger partial charge in [0.25, 0.3) is 0 Å². The smallest absolute Gasteiger partial charge is 0.317 e. The summed E-state index contributed by atoms with van der Waals surface area (Å²) < 4.78 is 25.5. The van der Waals surface area contributed by atoms with Crippen molar-refractivity contribution in [2.24, 2.45) is 0 Å². The predicted molar refractivity (Wildman–Crippen MR) is 99.0 cm³/mol. The van der Waals surface area contributed by atoms with Gasteiger partial charge in [-0.25, -0.2) is 4.39 Å². The Hall–Kier alpha value is -2.22. The van der Waals surface area contributed by atoms with Crippen LogP contribution in [0.5, 0.6) is 0 Å². The van der Waals surface area contributed by atoms with Gasteiger partial charge in [0.05, 0.1) is 25.8 Å². The fourth-order valence-corrected chi connectivity index (χ4v) is 3.38. The van der Waals surface area contributed by atoms with Crippen molar-refractivity contribution in [3.05, 3.63) is 47.5 Å². The lowest BCUT2D eigenvalue weighted by Crippen LogP contribution is -2.47. The first-order chi connectivity index (χ1) is 12.9. The van der Waals surface area contributed by atoms with E-state index in [1.54, 1.807) is 24.9 Å². The standard InChI is InChI=1S/C20H25FN2O4/c1-14-17(4-3-5-18(14)21)19-7-6-15(27-19)11-23-8-9-26-16(12-23)10-22(2)13-20(24)25/h3-7,16H,8-13H2,1-2H3,(H,24,25). The Morgan fingerprint density at radius 3 is 2.96 bits per heavy atom. The summed E-state index contributed by atoms with van der Waals surface area (Å²) in [6.45, 7) is 5.03. The zero-order chi connectivity index (χ0) is 19.4. The first-order valence-electron chi connectivity index (χ1n) is 9.01. The van der Waals surface area contributed by atoms with Crippen molar-refractivity contribution in [1.82, 2.24) is 9.80 Å². The van der Waals surface area contributed by atoms with Crippen LogP contribution in [0.15, 0.2) is 34.7 Å². The van der Waals surface area contributed by atoms with Gasteiger partial charge in [0.15, 0.2) is 0 Å². The lowest BCUT2D eigenvalue weighted by atomic mass is 10.1. The molecule has 1 N–H and O–H groups in total. The number of hydrogen-bond acceptors (Lipinski definition) is 5. The second-order valence-electron chi connectivity index (χ2n) is 7.00. The quantitative estimate of drug-likeness (QED) is 0.801. The first kappa shape index (κ1) is 19.5. The number of ether oxygens (including phenoxy) is 1. The van der Waals surface area contributed by atoms with Crippen molar-refractivity contribution in [2.45, 2.75) is 19.6 Å². The van der Waals surface area contributed by atoms with Gasteiger partial charge < -0.3 is 14.3 Å². The summed E-state index contributed by atoms with van der Waals surface area (Å²) in [4.78, 5) is 14.8. The number of rotatable bonds is 7. The molecule has 2 aromatic rings. The molecule has 0 bridgehead atoms. The molecule has 0 radical (unpaired) electrons. The highest BCUT2D eigenvalue weighted by Gasteiger charge is 2.23. The Labute approximate surface area is 158 Å². The lowest BCUT2D eigenvalue weighted by molar-refractivity contribution is -0.138. The maximum atomic E-state index is 13.8. The fourth-order valence-electron chi connectivity index (χ4n) is 3.38. The Balaban J connectivity index is 1.60. The van der Waals surface area contributed by atoms with Gasteiger partial charge in [-0.3, -0.25) is 14.6 Å². The van der Waals surface area contributed by atoms with Crippen molar-refractivity contribution in [2.75, 3.05) is 39.8 Å². The van der Waals surface area contributed by atoms with Crippen molar-refractivity contribution in [1.29, 1.82) is 0 Å². The van der Waals surface area contributed by atoms with Crippen molar-refractivity contribution in [3.63, 3.8) is 0 Å². The normalized spacial score (nSPS) is 18.1. The number of benzene rings is 1. The summed E-state index contributed by atoms with van der Waals surface area (Å²) in [5, 5.41) is 8.86. The van der Waals surface area contributed by atoms with E-state index in [2.05, 4.69) is 4.90 Å². The van der Waals surface area contributed by atoms with Gasteiger partial charge in [-0.2, -0.15) is 0 Å². The third-order valence-electron chi connectivity index (χ3n) is 4.72. The van der Waals surface area contributed by atoms with Crippen LogP contribution in [-0.2, 0) is 16.1 Å². The second-order valence-corrected chi connectivity index (χ2v) is 7.00. The Morgan fingerprint density at radius 2 is 2.19 bits per heavy atom. The highest BCUT2D eigenvalue weighted by atomic mass is 19.1. The van der Waals surface area contributed by atoms with E-state index in [0.717, 1.165) is 17.9 Å². The maximum absolute atomic E-state index is 13.8. The van der Waals surface area contributed by atoms with Crippen molar-refractivity contribution < 1.29 is 23.4 Å². The molecule has 1 aromatic carbocycles. The van der Waals surface area contributed by atoms with E-state index in [0.29, 0.717) is 37.6 Å². The fraction of sp³-hybridized carbons (Fsp3) is 0.450. The van der Waals surface area contributed by atoms with Crippen LogP contribution in [0.25, 0.3) is 11.3 Å². The molecule has 146 valence electrons. The van der Waals surface area contributed by atoms with Crippen LogP contribution < -0.4 is 0 Å². The number of aliphatic carboxylic acids is 1. The third kappa shape index (κ3) is 5.15. The number of nitrogens with zero attached hydrogens (tertiary/aromatic N) is 2. The average molecular weight is 376 g/mol. The summed E-state index contributed by atoms with van der Waals surface area (Å²) in [5.41, 5.74) is 1.34. The molecule has 0 saturated carbocycles. The zero-order valence-corrected chi connectivity index (χ0v) is 15.7. The predicted octanol–water partition coefficient (Wildman–Crippen LogP) is 2.61. The van der Waals surface area contributed by atoms with E-state index in [1.807, 2.05) is 18.2 Å². The van der Waals surface area contributed by atoms with Gasteiger partial charge >= 0.3 is 5.97 Å². The van der Waals surface area contributed by atoms with E-state index in [4.69, 9.17) is 14.3 Å². The first-order valence-corrected chi connectivity index (χ1v) is 9.01. The number of hydrogen-bond donors (Lipinski definition) is 1. The van der Waals surface area contributed by atoms with Crippen molar-refractivity contribution in [3.8, 4) is 11.3 Å². The van der Waals surface area contributed by atoms with E-state index in [9.17, 15) is 9.18 Å². The van der Waals surface area contributed by atoms with Gasteiger partial charge in [0.1, 0.15) is 17.3 Å². The van der Waals surface area contributed by atoms with Crippen LogP contribution >= 0.6 is 0 Å². The minimum absolute atomic E-state index is 0.00557. The van der Waals surface area contributed by atoms with Crippen LogP contribution in [0, 0.1) is 12.7 Å². The van der Waals surface area contributed by atoms with Crippen molar-refractivity contribution >= 4 is 5.97 Å². The molecule has 1 unspecified atom stereocenters. The molecule has 1 aromatic heterocycles. The number of furan rings is 1. The largest absolute Gasteiger partial charge is 0.480 e. The average Bonchev–Trinajstić information content (AvgIpc) is 3.05. The van der Waals surface area contributed by atoms with Crippen LogP contribution in [0.4, 0.5) is 4.39 Å². The van der Waals surface area contributed by atoms with Gasteiger partial charge in [0, 0.05) is 25.2 Å². The molecule has 1 fully saturated rings. The molecule has 0 aliphatic carbocycles. The SMILES string of the molecule is Cc1c(F)cccc1-c1ccc(CN2CCOC(CN(C)CC(=O)O)C2)o1. The highest BCUT2D eigenvalue weighted by molar-refractivity contribution is 5.69. The molecule has 0 amide bonds. The minimum atomic E-state index is -0.846. The summed E-state index contributed by atoms with van der Waals surface area (Å²) >= 11 is 0. The highest BCUT2D eigenvalue weighted by Crippen LogP contribution is 2.27. The third-order valence-corrected chi connectivity index (χ3v) is 4.72. The zero-order valence-electron chi connectivity index (χ0n) is 15.7. The number of halogens is 1. The van der Waals surface area contributed by atoms with Crippen LogP contribution in [0.2, 0.25) is 0 Å². The van der Waals surface area contributed by atoms with Gasteiger partial charge in [-0.05, 0) is 37.7 Å². The second kappa shape index (κ2) is 8.65. The summed E-state index contributed by atoms with van der Waals surface area (Å²) in [6.07, 6.45) is -0.0389. The molecular weight excluding hydrogens is 351 g/mol. The molecular formula is C20H25FN2O4. The molecule has 1 saturated heterocycles. The van der Waals surface area contributed by atoms with E-state index in [-0.39, 0.29) is 18.5 Å². The molecule has 1 aliphatic rings. The van der Waals surface area contributed by atoms with Gasteiger partial charge in [-0.1, -0.05) is 12.1 Å². The molecule has 2 heterocycles. The number of morpholine rings is 1. The molecule has 3 rings (SSSR count). The topological polar surface area (TPSA) is 66.2 Å². The van der Waals surface area contributed by atoms with E-state index < -0.39 is 5.97 Å². The van der Waals surface area contributed by atoms with Crippen LogP contribution in [0.1, 0.15) is 11.3 Å². The number of carbonyl (C=O) groups is 1. The van der Waals surface area contributed by atoms with Gasteiger partial charge in [-0.15, -0.1) is 0 Å². The molecule has 27 heavy (non-hydrogen) atoms. The summed E-state index contributed by atoms with van der Waals surface area (Å²) in [7, 11) is 1.77. The number of carboxylic acid groups (broad SMARTS) is 1. The maximum Gasteiger partial charge on any atom is 0.317 e. The summed E-state index contributed by atoms with van der Waals surface area (Å²) in [6, 6.07) is 8.76. The summed E-state index contributed by atoms with van der Waals surface area (Å²) in [5.74, 6) is 0.383. The van der Waals surface area contributed by atoms with E-state index in [1.165, 1.54) is 6.07 Å². The van der Waals surface area contributed by atoms with Crippen LogP contribution in [-0.4, -0.2) is 66.8 Å². The van der Waals surface area contributed by atoms with E-state index >= 15 is 0 Å². The molecule has 6 nitrogen and oxygen atoms in total. The Morgan fingerprint density at radius 1 is 1.37 bits per heavy atom. The van der Waals surface area contributed by atoms with Crippen LogP contribution in [0.3, 0.4) is 0 Å². The number of carboxylic acids is 1.